The minimum atomic E-state index is -0.0587. The van der Waals surface area contributed by atoms with Crippen LogP contribution in [0.3, 0.4) is 0 Å². The van der Waals surface area contributed by atoms with Crippen LogP contribution in [0.15, 0.2) is 0 Å². The summed E-state index contributed by atoms with van der Waals surface area (Å²) in [6, 6.07) is 0.244. The molecule has 2 N–H and O–H groups in total. The average molecular weight is 242 g/mol. The second kappa shape index (κ2) is 6.84. The lowest BCUT2D eigenvalue weighted by Crippen LogP contribution is -2.49. The van der Waals surface area contributed by atoms with Crippen molar-refractivity contribution in [3.05, 3.63) is 0 Å². The Bertz CT molecular complexity index is 244. The number of nitrogens with zero attached hydrogens (tertiary/aromatic N) is 1. The van der Waals surface area contributed by atoms with Crippen LogP contribution >= 0.6 is 0 Å². The van der Waals surface area contributed by atoms with Crippen LogP contribution in [0.5, 0.6) is 0 Å². The largest absolute Gasteiger partial charge is 0.395 e. The number of hydrogen-bond donors (Lipinski definition) is 2. The van der Waals surface area contributed by atoms with Gasteiger partial charge in [0.1, 0.15) is 0 Å². The summed E-state index contributed by atoms with van der Waals surface area (Å²) in [6.45, 7) is 4.87. The minimum Gasteiger partial charge on any atom is -0.395 e. The Balaban J connectivity index is 2.49. The van der Waals surface area contributed by atoms with Crippen molar-refractivity contribution in [1.82, 2.24) is 10.2 Å². The number of rotatable bonds is 4. The summed E-state index contributed by atoms with van der Waals surface area (Å²) in [7, 11) is 1.72. The number of likely N-dealkylation sites (N-methyl/N-ethyl adjacent to an activating group) is 1. The van der Waals surface area contributed by atoms with Crippen molar-refractivity contribution < 1.29 is 9.90 Å². The van der Waals surface area contributed by atoms with Crippen molar-refractivity contribution in [2.75, 3.05) is 20.2 Å². The zero-order valence-corrected chi connectivity index (χ0v) is 11.3. The zero-order chi connectivity index (χ0) is 12.8. The fourth-order valence-electron chi connectivity index (χ4n) is 2.66. The Morgan fingerprint density at radius 2 is 2.06 bits per heavy atom. The smallest absolute Gasteiger partial charge is 0.317 e. The fourth-order valence-corrected chi connectivity index (χ4v) is 2.66. The molecule has 1 rings (SSSR count). The van der Waals surface area contributed by atoms with Gasteiger partial charge in [0.2, 0.25) is 0 Å². The van der Waals surface area contributed by atoms with Gasteiger partial charge >= 0.3 is 6.03 Å². The van der Waals surface area contributed by atoms with Crippen molar-refractivity contribution in [1.29, 1.82) is 0 Å². The Kier molecular flexibility index (Phi) is 5.75. The van der Waals surface area contributed by atoms with Gasteiger partial charge in [0, 0.05) is 19.6 Å². The highest BCUT2D eigenvalue weighted by molar-refractivity contribution is 5.74. The van der Waals surface area contributed by atoms with E-state index in [9.17, 15) is 4.79 Å². The summed E-state index contributed by atoms with van der Waals surface area (Å²) in [4.78, 5) is 13.4. The van der Waals surface area contributed by atoms with Gasteiger partial charge in [-0.1, -0.05) is 26.7 Å². The van der Waals surface area contributed by atoms with Crippen molar-refractivity contribution >= 4 is 6.03 Å². The number of carbonyl (C=O) groups excluding carboxylic acids is 1. The van der Waals surface area contributed by atoms with E-state index in [1.807, 2.05) is 0 Å². The molecule has 2 unspecified atom stereocenters. The highest BCUT2D eigenvalue weighted by Gasteiger charge is 2.29. The van der Waals surface area contributed by atoms with E-state index in [1.54, 1.807) is 11.9 Å². The van der Waals surface area contributed by atoms with E-state index in [0.29, 0.717) is 24.4 Å². The van der Waals surface area contributed by atoms with Crippen molar-refractivity contribution in [2.45, 2.75) is 45.6 Å². The van der Waals surface area contributed by atoms with Crippen LogP contribution in [0.4, 0.5) is 4.79 Å². The summed E-state index contributed by atoms with van der Waals surface area (Å²) in [5.74, 6) is 1.21. The molecule has 0 aromatic heterocycles. The molecule has 0 aromatic carbocycles. The lowest BCUT2D eigenvalue weighted by atomic mass is 9.78. The lowest BCUT2D eigenvalue weighted by Gasteiger charge is -2.35. The Labute approximate surface area is 104 Å². The van der Waals surface area contributed by atoms with Crippen molar-refractivity contribution in [2.24, 2.45) is 11.8 Å². The molecule has 0 aromatic rings. The van der Waals surface area contributed by atoms with Crippen LogP contribution < -0.4 is 5.32 Å². The minimum absolute atomic E-state index is 0.0161. The monoisotopic (exact) mass is 242 g/mol. The molecule has 0 radical (unpaired) electrons. The molecule has 0 spiro atoms. The second-order valence-electron chi connectivity index (χ2n) is 5.39. The zero-order valence-electron chi connectivity index (χ0n) is 11.3. The molecule has 4 nitrogen and oxygen atoms in total. The molecule has 2 atom stereocenters. The van der Waals surface area contributed by atoms with E-state index in [1.165, 1.54) is 19.3 Å². The Morgan fingerprint density at radius 1 is 1.41 bits per heavy atom. The third kappa shape index (κ3) is 4.19. The van der Waals surface area contributed by atoms with E-state index in [0.717, 1.165) is 6.42 Å². The van der Waals surface area contributed by atoms with Gasteiger partial charge in [-0.15, -0.1) is 0 Å². The number of nitrogens with one attached hydrogen (secondary N) is 1. The van der Waals surface area contributed by atoms with Gasteiger partial charge in [0.25, 0.3) is 0 Å². The molecule has 0 bridgehead atoms. The third-order valence-electron chi connectivity index (χ3n) is 3.77. The Morgan fingerprint density at radius 3 is 2.65 bits per heavy atom. The normalized spacial score (nSPS) is 24.8. The molecule has 4 heteroatoms. The van der Waals surface area contributed by atoms with E-state index >= 15 is 0 Å². The van der Waals surface area contributed by atoms with Gasteiger partial charge < -0.3 is 15.3 Å². The maximum absolute atomic E-state index is 11.9. The fraction of sp³-hybridized carbons (Fsp3) is 0.923. The number of amides is 2. The van der Waals surface area contributed by atoms with Crippen molar-refractivity contribution in [3.63, 3.8) is 0 Å². The molecule has 0 heterocycles. The van der Waals surface area contributed by atoms with Crippen LogP contribution in [0.2, 0.25) is 0 Å². The summed E-state index contributed by atoms with van der Waals surface area (Å²) in [5, 5.41) is 11.9. The molecule has 17 heavy (non-hydrogen) atoms. The van der Waals surface area contributed by atoms with E-state index in [4.69, 9.17) is 5.11 Å². The average Bonchev–Trinajstić information content (AvgIpc) is 2.29. The lowest BCUT2D eigenvalue weighted by molar-refractivity contribution is 0.165. The SMILES string of the molecule is CC(C)C1CCCCC1NC(=O)N(C)CCO. The van der Waals surface area contributed by atoms with Crippen LogP contribution in [0.25, 0.3) is 0 Å². The first-order valence-corrected chi connectivity index (χ1v) is 6.68. The summed E-state index contributed by atoms with van der Waals surface area (Å²) >= 11 is 0. The molecule has 1 aliphatic carbocycles. The highest BCUT2D eigenvalue weighted by atomic mass is 16.3. The molecule has 1 fully saturated rings. The number of hydrogen-bond acceptors (Lipinski definition) is 2. The molecule has 0 aliphatic heterocycles. The Hall–Kier alpha value is -0.770. The maximum atomic E-state index is 11.9. The third-order valence-corrected chi connectivity index (χ3v) is 3.77. The van der Waals surface area contributed by atoms with Crippen LogP contribution in [-0.4, -0.2) is 42.3 Å². The predicted octanol–water partition coefficient (Wildman–Crippen LogP) is 1.83. The molecule has 100 valence electrons. The standard InChI is InChI=1S/C13H26N2O2/c1-10(2)11-6-4-5-7-12(11)14-13(17)15(3)8-9-16/h10-12,16H,4-9H2,1-3H3,(H,14,17). The summed E-state index contributed by atoms with van der Waals surface area (Å²) in [6.07, 6.45) is 4.79. The molecule has 2 amide bonds. The van der Waals surface area contributed by atoms with Crippen LogP contribution in [0.1, 0.15) is 39.5 Å². The van der Waals surface area contributed by atoms with Gasteiger partial charge in [-0.05, 0) is 24.7 Å². The summed E-state index contributed by atoms with van der Waals surface area (Å²) < 4.78 is 0. The van der Waals surface area contributed by atoms with E-state index in [2.05, 4.69) is 19.2 Å². The number of aliphatic hydroxyl groups excluding tert-OH is 1. The summed E-state index contributed by atoms with van der Waals surface area (Å²) in [5.41, 5.74) is 0. The topological polar surface area (TPSA) is 52.6 Å². The second-order valence-corrected chi connectivity index (χ2v) is 5.39. The molecule has 1 aliphatic rings. The molecular formula is C13H26N2O2. The van der Waals surface area contributed by atoms with Gasteiger partial charge in [0.05, 0.1) is 6.61 Å². The van der Waals surface area contributed by atoms with Crippen LogP contribution in [-0.2, 0) is 0 Å². The first-order chi connectivity index (χ1) is 8.06. The number of aliphatic hydroxyl groups is 1. The van der Waals surface area contributed by atoms with Gasteiger partial charge in [-0.25, -0.2) is 4.79 Å². The molecule has 0 saturated heterocycles. The first-order valence-electron chi connectivity index (χ1n) is 6.68. The van der Waals surface area contributed by atoms with E-state index < -0.39 is 0 Å². The highest BCUT2D eigenvalue weighted by Crippen LogP contribution is 2.30. The van der Waals surface area contributed by atoms with E-state index in [-0.39, 0.29) is 12.6 Å². The predicted molar refractivity (Wildman–Crippen MR) is 68.8 cm³/mol. The van der Waals surface area contributed by atoms with Crippen LogP contribution in [0, 0.1) is 11.8 Å². The van der Waals surface area contributed by atoms with Gasteiger partial charge in [-0.3, -0.25) is 0 Å². The molecular weight excluding hydrogens is 216 g/mol. The molecule has 1 saturated carbocycles. The quantitative estimate of drug-likeness (QED) is 0.790. The van der Waals surface area contributed by atoms with Crippen molar-refractivity contribution in [3.8, 4) is 0 Å². The maximum Gasteiger partial charge on any atom is 0.317 e. The van der Waals surface area contributed by atoms with Gasteiger partial charge in [0.15, 0.2) is 0 Å². The van der Waals surface area contributed by atoms with Gasteiger partial charge in [-0.2, -0.15) is 0 Å². The number of carbonyl (C=O) groups is 1. The first kappa shape index (κ1) is 14.3. The number of urea groups is 1.